The molecule has 1 unspecified atom stereocenters. The minimum atomic E-state index is 0.278. The molecular formula is C18H21NOS. The minimum Gasteiger partial charge on any atom is -0.508 e. The topological polar surface area (TPSA) is 23.5 Å². The average Bonchev–Trinajstić information content (AvgIpc) is 3.06. The predicted molar refractivity (Wildman–Crippen MR) is 87.1 cm³/mol. The fourth-order valence-electron chi connectivity index (χ4n) is 3.98. The van der Waals surface area contributed by atoms with Gasteiger partial charge in [-0.1, -0.05) is 12.1 Å². The summed E-state index contributed by atoms with van der Waals surface area (Å²) in [5.74, 6) is 0.441. The molecule has 0 saturated heterocycles. The lowest BCUT2D eigenvalue weighted by Gasteiger charge is -2.40. The number of phenols is 1. The number of likely N-dealkylation sites (N-methyl/N-ethyl adjacent to an activating group) is 1. The fourth-order valence-corrected chi connectivity index (χ4v) is 4.99. The lowest BCUT2D eigenvalue weighted by atomic mass is 9.81. The van der Waals surface area contributed by atoms with E-state index in [9.17, 15) is 5.11 Å². The zero-order valence-electron chi connectivity index (χ0n) is 12.6. The zero-order valence-corrected chi connectivity index (χ0v) is 13.4. The molecule has 1 aromatic carbocycles. The largest absolute Gasteiger partial charge is 0.508 e. The van der Waals surface area contributed by atoms with Crippen molar-refractivity contribution in [3.05, 3.63) is 51.2 Å². The van der Waals surface area contributed by atoms with Gasteiger partial charge in [0.1, 0.15) is 5.75 Å². The van der Waals surface area contributed by atoms with Crippen LogP contribution in [0.25, 0.3) is 0 Å². The Kier molecular flexibility index (Phi) is 2.92. The maximum absolute atomic E-state index is 10.2. The van der Waals surface area contributed by atoms with Gasteiger partial charge in [-0.05, 0) is 67.4 Å². The molecule has 4 rings (SSSR count). The van der Waals surface area contributed by atoms with Crippen molar-refractivity contribution in [3.8, 4) is 5.75 Å². The van der Waals surface area contributed by atoms with E-state index in [2.05, 4.69) is 35.5 Å². The quantitative estimate of drug-likeness (QED) is 0.905. The smallest absolute Gasteiger partial charge is 0.118 e. The van der Waals surface area contributed by atoms with Crippen molar-refractivity contribution < 1.29 is 5.11 Å². The highest BCUT2D eigenvalue weighted by atomic mass is 32.1. The maximum atomic E-state index is 10.2. The van der Waals surface area contributed by atoms with Crippen LogP contribution in [0.4, 0.5) is 0 Å². The summed E-state index contributed by atoms with van der Waals surface area (Å²) >= 11 is 1.88. The summed E-state index contributed by atoms with van der Waals surface area (Å²) in [5, 5.41) is 12.4. The average molecular weight is 299 g/mol. The maximum Gasteiger partial charge on any atom is 0.118 e. The molecule has 1 aliphatic carbocycles. The molecule has 1 atom stereocenters. The predicted octanol–water partition coefficient (Wildman–Crippen LogP) is 4.02. The van der Waals surface area contributed by atoms with E-state index in [4.69, 9.17) is 0 Å². The van der Waals surface area contributed by atoms with E-state index < -0.39 is 0 Å². The number of fused-ring (bicyclic) bond motifs is 1. The van der Waals surface area contributed by atoms with Crippen LogP contribution in [0.15, 0.2) is 29.6 Å². The Balaban J connectivity index is 1.85. The normalized spacial score (nSPS) is 23.8. The summed E-state index contributed by atoms with van der Waals surface area (Å²) in [6, 6.07) is 9.07. The van der Waals surface area contributed by atoms with Crippen LogP contribution in [0.3, 0.4) is 0 Å². The van der Waals surface area contributed by atoms with Crippen molar-refractivity contribution >= 4 is 11.3 Å². The van der Waals surface area contributed by atoms with E-state index in [0.29, 0.717) is 11.8 Å². The third-order valence-corrected chi connectivity index (χ3v) is 6.34. The van der Waals surface area contributed by atoms with Gasteiger partial charge in [0.2, 0.25) is 0 Å². The Bertz CT molecular complexity index is 673. The molecule has 2 aliphatic rings. The Morgan fingerprint density at radius 2 is 2.14 bits per heavy atom. The molecule has 2 aromatic rings. The standard InChI is InChI=1S/C18H21NOS/c1-12-10-13-5-8-19(2)17(14(13)11-15(12)20)18(6-7-18)16-4-3-9-21-16/h3-4,9-11,17,20H,5-8H2,1-2H3. The monoisotopic (exact) mass is 299 g/mol. The molecule has 1 aromatic heterocycles. The van der Waals surface area contributed by atoms with Crippen LogP contribution in [0.1, 0.15) is 40.5 Å². The molecule has 1 N–H and O–H groups in total. The van der Waals surface area contributed by atoms with Crippen molar-refractivity contribution in [3.63, 3.8) is 0 Å². The SMILES string of the molecule is Cc1cc2c(cc1O)C(C1(c3cccs3)CC1)N(C)CC2. The number of benzene rings is 1. The van der Waals surface area contributed by atoms with Crippen LogP contribution < -0.4 is 0 Å². The molecule has 0 spiro atoms. The van der Waals surface area contributed by atoms with Crippen molar-refractivity contribution in [2.75, 3.05) is 13.6 Å². The minimum absolute atomic E-state index is 0.278. The van der Waals surface area contributed by atoms with Gasteiger partial charge in [-0.2, -0.15) is 0 Å². The summed E-state index contributed by atoms with van der Waals surface area (Å²) in [7, 11) is 2.23. The summed E-state index contributed by atoms with van der Waals surface area (Å²) in [6.45, 7) is 3.10. The number of hydrogen-bond acceptors (Lipinski definition) is 3. The van der Waals surface area contributed by atoms with Gasteiger partial charge in [-0.25, -0.2) is 0 Å². The van der Waals surface area contributed by atoms with Crippen LogP contribution >= 0.6 is 11.3 Å². The molecule has 21 heavy (non-hydrogen) atoms. The Hall–Kier alpha value is -1.32. The third kappa shape index (κ3) is 1.95. The number of thiophene rings is 1. The zero-order chi connectivity index (χ0) is 14.6. The summed E-state index contributed by atoms with van der Waals surface area (Å²) < 4.78 is 0. The molecule has 2 nitrogen and oxygen atoms in total. The van der Waals surface area contributed by atoms with Crippen molar-refractivity contribution in [2.24, 2.45) is 0 Å². The number of aryl methyl sites for hydroxylation is 1. The number of phenolic OH excluding ortho intramolecular Hbond substituents is 1. The Morgan fingerprint density at radius 3 is 2.81 bits per heavy atom. The first-order chi connectivity index (χ1) is 10.1. The Labute approximate surface area is 130 Å². The van der Waals surface area contributed by atoms with Crippen molar-refractivity contribution in [1.82, 2.24) is 4.90 Å². The number of hydrogen-bond donors (Lipinski definition) is 1. The first kappa shape index (κ1) is 13.4. The molecule has 1 fully saturated rings. The van der Waals surface area contributed by atoms with E-state index in [1.807, 2.05) is 24.3 Å². The molecule has 0 amide bonds. The van der Waals surface area contributed by atoms with Gasteiger partial charge in [0, 0.05) is 22.9 Å². The van der Waals surface area contributed by atoms with Gasteiger partial charge in [-0.3, -0.25) is 4.90 Å². The highest BCUT2D eigenvalue weighted by Gasteiger charge is 2.54. The Morgan fingerprint density at radius 1 is 1.33 bits per heavy atom. The summed E-state index contributed by atoms with van der Waals surface area (Å²) in [5.41, 5.74) is 4.05. The van der Waals surface area contributed by atoms with Crippen LogP contribution in [0.5, 0.6) is 5.75 Å². The van der Waals surface area contributed by atoms with Gasteiger partial charge >= 0.3 is 0 Å². The second-order valence-corrected chi connectivity index (χ2v) is 7.55. The molecule has 1 saturated carbocycles. The lowest BCUT2D eigenvalue weighted by Crippen LogP contribution is -2.39. The molecule has 0 bridgehead atoms. The van der Waals surface area contributed by atoms with Crippen molar-refractivity contribution in [1.29, 1.82) is 0 Å². The second kappa shape index (κ2) is 4.59. The number of aromatic hydroxyl groups is 1. The van der Waals surface area contributed by atoms with Gasteiger partial charge in [0.15, 0.2) is 0 Å². The highest BCUT2D eigenvalue weighted by molar-refractivity contribution is 7.10. The molecule has 3 heteroatoms. The summed E-state index contributed by atoms with van der Waals surface area (Å²) in [6.07, 6.45) is 3.61. The molecular weight excluding hydrogens is 278 g/mol. The van der Waals surface area contributed by atoms with Gasteiger partial charge in [0.05, 0.1) is 0 Å². The number of nitrogens with zero attached hydrogens (tertiary/aromatic N) is 1. The third-order valence-electron chi connectivity index (χ3n) is 5.25. The van der Waals surface area contributed by atoms with E-state index in [-0.39, 0.29) is 5.41 Å². The van der Waals surface area contributed by atoms with Crippen LogP contribution in [0, 0.1) is 6.92 Å². The van der Waals surface area contributed by atoms with Crippen LogP contribution in [-0.4, -0.2) is 23.6 Å². The van der Waals surface area contributed by atoms with E-state index in [0.717, 1.165) is 18.5 Å². The number of rotatable bonds is 2. The highest BCUT2D eigenvalue weighted by Crippen LogP contribution is 2.61. The van der Waals surface area contributed by atoms with Gasteiger partial charge < -0.3 is 5.11 Å². The first-order valence-electron chi connectivity index (χ1n) is 7.68. The first-order valence-corrected chi connectivity index (χ1v) is 8.56. The fraction of sp³-hybridized carbons (Fsp3) is 0.444. The van der Waals surface area contributed by atoms with Crippen LogP contribution in [-0.2, 0) is 11.8 Å². The second-order valence-electron chi connectivity index (χ2n) is 6.60. The van der Waals surface area contributed by atoms with Crippen molar-refractivity contribution in [2.45, 2.75) is 37.6 Å². The lowest BCUT2D eigenvalue weighted by molar-refractivity contribution is 0.188. The van der Waals surface area contributed by atoms with Gasteiger partial charge in [0.25, 0.3) is 0 Å². The van der Waals surface area contributed by atoms with Gasteiger partial charge in [-0.15, -0.1) is 11.3 Å². The molecule has 2 heterocycles. The molecule has 1 aliphatic heterocycles. The molecule has 110 valence electrons. The van der Waals surface area contributed by atoms with E-state index in [1.54, 1.807) is 0 Å². The molecule has 0 radical (unpaired) electrons. The van der Waals surface area contributed by atoms with Crippen LogP contribution in [0.2, 0.25) is 0 Å². The summed E-state index contributed by atoms with van der Waals surface area (Å²) in [4.78, 5) is 4.00. The van der Waals surface area contributed by atoms with E-state index >= 15 is 0 Å². The van der Waals surface area contributed by atoms with E-state index in [1.165, 1.54) is 28.8 Å².